The maximum Gasteiger partial charge on any atom is 0.251 e. The Morgan fingerprint density at radius 3 is 2.45 bits per heavy atom. The number of methoxy groups -OCH3 is 1. The van der Waals surface area contributed by atoms with Gasteiger partial charge in [-0.15, -0.1) is 0 Å². The highest BCUT2D eigenvalue weighted by Crippen LogP contribution is 2.19. The fraction of sp³-hybridized carbons (Fsp3) is 0.278. The first-order valence-electron chi connectivity index (χ1n) is 7.28. The molecule has 0 aliphatic rings. The van der Waals surface area contributed by atoms with Crippen LogP contribution in [-0.4, -0.2) is 13.0 Å². The molecule has 3 nitrogen and oxygen atoms in total. The van der Waals surface area contributed by atoms with Crippen LogP contribution in [0.1, 0.15) is 41.4 Å². The van der Waals surface area contributed by atoms with Gasteiger partial charge in [0.15, 0.2) is 11.6 Å². The van der Waals surface area contributed by atoms with Crippen molar-refractivity contribution < 1.29 is 13.9 Å². The summed E-state index contributed by atoms with van der Waals surface area (Å²) < 4.78 is 18.5. The largest absolute Gasteiger partial charge is 0.494 e. The summed E-state index contributed by atoms with van der Waals surface area (Å²) >= 11 is 0. The zero-order valence-electron chi connectivity index (χ0n) is 13.0. The normalized spacial score (nSPS) is 11.8. The second-order valence-corrected chi connectivity index (χ2v) is 5.14. The second-order valence-electron chi connectivity index (χ2n) is 5.14. The highest BCUT2D eigenvalue weighted by Gasteiger charge is 2.13. The van der Waals surface area contributed by atoms with Crippen LogP contribution < -0.4 is 10.1 Å². The first kappa shape index (κ1) is 16.0. The fourth-order valence-corrected chi connectivity index (χ4v) is 2.21. The molecule has 22 heavy (non-hydrogen) atoms. The lowest BCUT2D eigenvalue weighted by molar-refractivity contribution is 0.0939. The minimum atomic E-state index is -0.546. The maximum absolute atomic E-state index is 13.6. The van der Waals surface area contributed by atoms with Gasteiger partial charge in [-0.1, -0.05) is 31.2 Å². The molecule has 0 saturated heterocycles. The van der Waals surface area contributed by atoms with Gasteiger partial charge in [0.25, 0.3) is 5.91 Å². The molecule has 2 rings (SSSR count). The number of aryl methyl sites for hydroxylation is 1. The van der Waals surface area contributed by atoms with Gasteiger partial charge in [-0.3, -0.25) is 4.79 Å². The van der Waals surface area contributed by atoms with Gasteiger partial charge in [0.05, 0.1) is 13.2 Å². The van der Waals surface area contributed by atoms with E-state index >= 15 is 0 Å². The van der Waals surface area contributed by atoms with Crippen molar-refractivity contribution in [1.29, 1.82) is 0 Å². The van der Waals surface area contributed by atoms with Gasteiger partial charge in [-0.05, 0) is 42.7 Å². The molecule has 0 aromatic heterocycles. The molecule has 0 bridgehead atoms. The van der Waals surface area contributed by atoms with Crippen molar-refractivity contribution in [2.45, 2.75) is 26.3 Å². The highest BCUT2D eigenvalue weighted by atomic mass is 19.1. The molecular formula is C18H20FNO2. The van der Waals surface area contributed by atoms with E-state index in [2.05, 4.69) is 12.2 Å². The van der Waals surface area contributed by atoms with Gasteiger partial charge < -0.3 is 10.1 Å². The summed E-state index contributed by atoms with van der Waals surface area (Å²) in [6, 6.07) is 12.1. The molecular weight excluding hydrogens is 281 g/mol. The van der Waals surface area contributed by atoms with Gasteiger partial charge >= 0.3 is 0 Å². The molecule has 1 N–H and O–H groups in total. The lowest BCUT2D eigenvalue weighted by Crippen LogP contribution is -2.26. The lowest BCUT2D eigenvalue weighted by Gasteiger charge is -2.15. The molecule has 0 radical (unpaired) electrons. The second kappa shape index (κ2) is 7.07. The number of hydrogen-bond donors (Lipinski definition) is 1. The summed E-state index contributed by atoms with van der Waals surface area (Å²) in [6.07, 6.45) is 0.978. The predicted molar refractivity (Wildman–Crippen MR) is 84.7 cm³/mol. The van der Waals surface area contributed by atoms with Crippen LogP contribution in [0, 0.1) is 5.82 Å². The van der Waals surface area contributed by atoms with Gasteiger partial charge in [-0.25, -0.2) is 4.39 Å². The average molecular weight is 301 g/mol. The van der Waals surface area contributed by atoms with E-state index in [1.165, 1.54) is 24.8 Å². The monoisotopic (exact) mass is 301 g/mol. The Labute approximate surface area is 130 Å². The van der Waals surface area contributed by atoms with Crippen LogP contribution in [0.25, 0.3) is 0 Å². The Bertz CT molecular complexity index is 653. The van der Waals surface area contributed by atoms with Crippen LogP contribution in [0.15, 0.2) is 42.5 Å². The van der Waals surface area contributed by atoms with E-state index in [0.29, 0.717) is 0 Å². The third kappa shape index (κ3) is 3.64. The number of halogens is 1. The number of nitrogens with one attached hydrogen (secondary N) is 1. The number of carbonyl (C=O) groups excluding carboxylic acids is 1. The van der Waals surface area contributed by atoms with Gasteiger partial charge in [0.2, 0.25) is 0 Å². The van der Waals surface area contributed by atoms with E-state index in [1.807, 2.05) is 31.2 Å². The average Bonchev–Trinajstić information content (AvgIpc) is 2.54. The fourth-order valence-electron chi connectivity index (χ4n) is 2.21. The molecule has 0 saturated carbocycles. The van der Waals surface area contributed by atoms with Gasteiger partial charge in [0.1, 0.15) is 0 Å². The number of rotatable bonds is 5. The molecule has 1 amide bonds. The van der Waals surface area contributed by atoms with Crippen molar-refractivity contribution in [3.63, 3.8) is 0 Å². The molecule has 0 spiro atoms. The Kier molecular flexibility index (Phi) is 5.15. The van der Waals surface area contributed by atoms with Crippen molar-refractivity contribution in [3.05, 3.63) is 65.0 Å². The third-order valence-corrected chi connectivity index (χ3v) is 3.65. The summed E-state index contributed by atoms with van der Waals surface area (Å²) in [7, 11) is 1.39. The minimum absolute atomic E-state index is 0.125. The molecule has 2 aromatic carbocycles. The van der Waals surface area contributed by atoms with E-state index in [4.69, 9.17) is 4.74 Å². The predicted octanol–water partition coefficient (Wildman–Crippen LogP) is 3.89. The van der Waals surface area contributed by atoms with E-state index in [0.717, 1.165) is 12.0 Å². The molecule has 0 aliphatic carbocycles. The molecule has 1 atom stereocenters. The first-order valence-corrected chi connectivity index (χ1v) is 7.28. The molecule has 0 fully saturated rings. The minimum Gasteiger partial charge on any atom is -0.494 e. The molecule has 116 valence electrons. The van der Waals surface area contributed by atoms with Gasteiger partial charge in [-0.2, -0.15) is 0 Å². The van der Waals surface area contributed by atoms with E-state index in [9.17, 15) is 9.18 Å². The zero-order chi connectivity index (χ0) is 16.1. The van der Waals surface area contributed by atoms with Crippen molar-refractivity contribution in [2.24, 2.45) is 0 Å². The summed E-state index contributed by atoms with van der Waals surface area (Å²) in [5.74, 6) is -0.733. The van der Waals surface area contributed by atoms with Crippen molar-refractivity contribution in [2.75, 3.05) is 7.11 Å². The van der Waals surface area contributed by atoms with E-state index < -0.39 is 5.82 Å². The smallest absolute Gasteiger partial charge is 0.251 e. The summed E-state index contributed by atoms with van der Waals surface area (Å²) in [6.45, 7) is 4.00. The number of carbonyl (C=O) groups is 1. The van der Waals surface area contributed by atoms with Crippen LogP contribution in [0.5, 0.6) is 5.75 Å². The van der Waals surface area contributed by atoms with Crippen LogP contribution in [0.2, 0.25) is 0 Å². The maximum atomic E-state index is 13.6. The van der Waals surface area contributed by atoms with E-state index in [-0.39, 0.29) is 23.3 Å². The zero-order valence-corrected chi connectivity index (χ0v) is 13.0. The molecule has 2 aromatic rings. The Morgan fingerprint density at radius 2 is 1.91 bits per heavy atom. The van der Waals surface area contributed by atoms with Crippen molar-refractivity contribution in [3.8, 4) is 5.75 Å². The van der Waals surface area contributed by atoms with Crippen molar-refractivity contribution >= 4 is 5.91 Å². The molecule has 0 aliphatic heterocycles. The quantitative estimate of drug-likeness (QED) is 0.910. The standard InChI is InChI=1S/C18H20FNO2/c1-4-13-5-7-14(8-6-13)12(2)20-18(21)15-9-10-17(22-3)16(19)11-15/h5-12H,4H2,1-3H3,(H,20,21)/t12-/m1/s1. The topological polar surface area (TPSA) is 38.3 Å². The van der Waals surface area contributed by atoms with Gasteiger partial charge in [0, 0.05) is 5.56 Å². The third-order valence-electron chi connectivity index (χ3n) is 3.65. The van der Waals surface area contributed by atoms with E-state index in [1.54, 1.807) is 6.07 Å². The lowest BCUT2D eigenvalue weighted by atomic mass is 10.0. The van der Waals surface area contributed by atoms with Crippen LogP contribution >= 0.6 is 0 Å². The van der Waals surface area contributed by atoms with Crippen LogP contribution in [-0.2, 0) is 6.42 Å². The number of benzene rings is 2. The Hall–Kier alpha value is -2.36. The molecule has 0 heterocycles. The Balaban J connectivity index is 2.08. The number of ether oxygens (including phenoxy) is 1. The molecule has 4 heteroatoms. The first-order chi connectivity index (χ1) is 10.5. The van der Waals surface area contributed by atoms with Crippen LogP contribution in [0.3, 0.4) is 0 Å². The molecule has 0 unspecified atom stereocenters. The highest BCUT2D eigenvalue weighted by molar-refractivity contribution is 5.94. The summed E-state index contributed by atoms with van der Waals surface area (Å²) in [4.78, 5) is 12.2. The van der Waals surface area contributed by atoms with Crippen LogP contribution in [0.4, 0.5) is 4.39 Å². The number of amides is 1. The summed E-state index contributed by atoms with van der Waals surface area (Å²) in [5, 5.41) is 2.87. The SMILES string of the molecule is CCc1ccc([C@@H](C)NC(=O)c2ccc(OC)c(F)c2)cc1. The summed E-state index contributed by atoms with van der Waals surface area (Å²) in [5.41, 5.74) is 2.54. The number of hydrogen-bond acceptors (Lipinski definition) is 2. The Morgan fingerprint density at radius 1 is 1.23 bits per heavy atom. The van der Waals surface area contributed by atoms with Crippen molar-refractivity contribution in [1.82, 2.24) is 5.32 Å².